The van der Waals surface area contributed by atoms with E-state index in [1.54, 1.807) is 30.5 Å². The first-order valence-corrected chi connectivity index (χ1v) is 10.9. The highest BCUT2D eigenvalue weighted by atomic mass is 35.5. The normalized spacial score (nSPS) is 14.8. The Labute approximate surface area is 173 Å². The Kier molecular flexibility index (Phi) is 5.40. The molecule has 2 aromatic carbocycles. The standard InChI is InChI=1S/C20H18ClN3O4S/c21-18-8-7-16(29(26,27)24-9-1-2-10-24)11-17(18)20(25)23-15-5-3-14(4-6-15)19-12-22-13-28-19/h3-8,11-13H,1-2,9-10H2,(H,23,25). The van der Waals surface area contributed by atoms with Crippen LogP contribution in [0.4, 0.5) is 5.69 Å². The zero-order valence-electron chi connectivity index (χ0n) is 15.3. The van der Waals surface area contributed by atoms with Crippen LogP contribution in [-0.4, -0.2) is 36.7 Å². The molecule has 1 N–H and O–H groups in total. The lowest BCUT2D eigenvalue weighted by Gasteiger charge is -2.16. The number of hydrogen-bond acceptors (Lipinski definition) is 5. The van der Waals surface area contributed by atoms with Crippen LogP contribution in [-0.2, 0) is 10.0 Å². The van der Waals surface area contributed by atoms with Gasteiger partial charge in [0.1, 0.15) is 0 Å². The highest BCUT2D eigenvalue weighted by Crippen LogP contribution is 2.26. The molecule has 1 amide bonds. The number of rotatable bonds is 5. The summed E-state index contributed by atoms with van der Waals surface area (Å²) >= 11 is 6.17. The van der Waals surface area contributed by atoms with Gasteiger partial charge in [-0.05, 0) is 55.3 Å². The van der Waals surface area contributed by atoms with Crippen molar-refractivity contribution >= 4 is 33.2 Å². The van der Waals surface area contributed by atoms with Crippen molar-refractivity contribution in [1.82, 2.24) is 9.29 Å². The first-order chi connectivity index (χ1) is 13.9. The average Bonchev–Trinajstić information content (AvgIpc) is 3.43. The summed E-state index contributed by atoms with van der Waals surface area (Å²) in [4.78, 5) is 16.7. The lowest BCUT2D eigenvalue weighted by molar-refractivity contribution is 0.102. The summed E-state index contributed by atoms with van der Waals surface area (Å²) in [5.41, 5.74) is 1.46. The minimum absolute atomic E-state index is 0.0645. The van der Waals surface area contributed by atoms with Crippen molar-refractivity contribution in [2.24, 2.45) is 0 Å². The molecular formula is C20H18ClN3O4S. The molecule has 29 heavy (non-hydrogen) atoms. The Balaban J connectivity index is 1.55. The number of oxazole rings is 1. The number of anilines is 1. The maximum atomic E-state index is 12.8. The number of halogens is 1. The highest BCUT2D eigenvalue weighted by Gasteiger charge is 2.28. The van der Waals surface area contributed by atoms with Crippen molar-refractivity contribution in [3.63, 3.8) is 0 Å². The second-order valence-electron chi connectivity index (χ2n) is 6.65. The monoisotopic (exact) mass is 431 g/mol. The van der Waals surface area contributed by atoms with Crippen LogP contribution in [0.3, 0.4) is 0 Å². The van der Waals surface area contributed by atoms with E-state index in [1.807, 2.05) is 0 Å². The van der Waals surface area contributed by atoms with Gasteiger partial charge in [0.25, 0.3) is 5.91 Å². The summed E-state index contributed by atoms with van der Waals surface area (Å²) in [5, 5.41) is 2.92. The molecule has 0 atom stereocenters. The fourth-order valence-electron chi connectivity index (χ4n) is 3.19. The van der Waals surface area contributed by atoms with Crippen LogP contribution in [0.1, 0.15) is 23.2 Å². The van der Waals surface area contributed by atoms with Gasteiger partial charge in [-0.15, -0.1) is 0 Å². The molecule has 0 radical (unpaired) electrons. The number of nitrogens with one attached hydrogen (secondary N) is 1. The Morgan fingerprint density at radius 2 is 1.83 bits per heavy atom. The van der Waals surface area contributed by atoms with Crippen molar-refractivity contribution < 1.29 is 17.6 Å². The van der Waals surface area contributed by atoms with Crippen molar-refractivity contribution in [2.75, 3.05) is 18.4 Å². The maximum Gasteiger partial charge on any atom is 0.257 e. The Morgan fingerprint density at radius 1 is 1.10 bits per heavy atom. The van der Waals surface area contributed by atoms with Gasteiger partial charge in [-0.25, -0.2) is 13.4 Å². The van der Waals surface area contributed by atoms with Gasteiger partial charge >= 0.3 is 0 Å². The van der Waals surface area contributed by atoms with E-state index < -0.39 is 15.9 Å². The molecule has 0 aliphatic carbocycles. The molecule has 2 heterocycles. The van der Waals surface area contributed by atoms with Gasteiger partial charge in [-0.1, -0.05) is 11.6 Å². The Bertz CT molecular complexity index is 1120. The van der Waals surface area contributed by atoms with Gasteiger partial charge in [0, 0.05) is 24.3 Å². The summed E-state index contributed by atoms with van der Waals surface area (Å²) < 4.78 is 32.2. The van der Waals surface area contributed by atoms with Gasteiger partial charge in [-0.3, -0.25) is 4.79 Å². The fraction of sp³-hybridized carbons (Fsp3) is 0.200. The molecule has 150 valence electrons. The largest absolute Gasteiger partial charge is 0.444 e. The summed E-state index contributed by atoms with van der Waals surface area (Å²) in [6, 6.07) is 11.2. The minimum Gasteiger partial charge on any atom is -0.444 e. The zero-order valence-corrected chi connectivity index (χ0v) is 16.9. The number of sulfonamides is 1. The Hall–Kier alpha value is -2.68. The first-order valence-electron chi connectivity index (χ1n) is 9.05. The molecule has 1 aromatic heterocycles. The van der Waals surface area contributed by atoms with E-state index in [4.69, 9.17) is 16.0 Å². The van der Waals surface area contributed by atoms with E-state index in [0.717, 1.165) is 18.4 Å². The number of benzene rings is 2. The second-order valence-corrected chi connectivity index (χ2v) is 9.00. The molecule has 1 saturated heterocycles. The lowest BCUT2D eigenvalue weighted by Crippen LogP contribution is -2.28. The van der Waals surface area contributed by atoms with Crippen LogP contribution >= 0.6 is 11.6 Å². The Morgan fingerprint density at radius 3 is 2.48 bits per heavy atom. The van der Waals surface area contributed by atoms with Crippen LogP contribution in [0, 0.1) is 0 Å². The van der Waals surface area contributed by atoms with E-state index in [0.29, 0.717) is 24.5 Å². The van der Waals surface area contributed by atoms with E-state index >= 15 is 0 Å². The molecule has 0 spiro atoms. The van der Waals surface area contributed by atoms with Crippen molar-refractivity contribution in [1.29, 1.82) is 0 Å². The van der Waals surface area contributed by atoms with Crippen LogP contribution in [0.25, 0.3) is 11.3 Å². The van der Waals surface area contributed by atoms with Crippen molar-refractivity contribution in [3.8, 4) is 11.3 Å². The van der Waals surface area contributed by atoms with Gasteiger partial charge in [0.2, 0.25) is 10.0 Å². The number of nitrogens with zero attached hydrogens (tertiary/aromatic N) is 2. The number of carbonyl (C=O) groups is 1. The van der Waals surface area contributed by atoms with E-state index in [1.165, 1.54) is 28.9 Å². The molecule has 3 aromatic rings. The number of hydrogen-bond donors (Lipinski definition) is 1. The molecule has 1 fully saturated rings. The van der Waals surface area contributed by atoms with E-state index in [9.17, 15) is 13.2 Å². The zero-order chi connectivity index (χ0) is 20.4. The molecule has 4 rings (SSSR count). The van der Waals surface area contributed by atoms with Gasteiger partial charge in [-0.2, -0.15) is 4.31 Å². The van der Waals surface area contributed by atoms with Crippen LogP contribution in [0.2, 0.25) is 5.02 Å². The highest BCUT2D eigenvalue weighted by molar-refractivity contribution is 7.89. The number of amides is 1. The molecule has 9 heteroatoms. The number of carbonyl (C=O) groups excluding carboxylic acids is 1. The quantitative estimate of drug-likeness (QED) is 0.658. The summed E-state index contributed by atoms with van der Waals surface area (Å²) in [7, 11) is -3.64. The van der Waals surface area contributed by atoms with Crippen LogP contribution in [0.5, 0.6) is 0 Å². The maximum absolute atomic E-state index is 12.8. The van der Waals surface area contributed by atoms with Crippen molar-refractivity contribution in [3.05, 3.63) is 65.6 Å². The smallest absolute Gasteiger partial charge is 0.257 e. The van der Waals surface area contributed by atoms with Gasteiger partial charge in [0.05, 0.1) is 21.7 Å². The van der Waals surface area contributed by atoms with Crippen molar-refractivity contribution in [2.45, 2.75) is 17.7 Å². The van der Waals surface area contributed by atoms with Crippen LogP contribution < -0.4 is 5.32 Å². The predicted octanol–water partition coefficient (Wildman–Crippen LogP) is 4.03. The molecule has 1 aliphatic heterocycles. The average molecular weight is 432 g/mol. The molecule has 0 bridgehead atoms. The molecule has 7 nitrogen and oxygen atoms in total. The molecule has 0 unspecified atom stereocenters. The predicted molar refractivity (Wildman–Crippen MR) is 109 cm³/mol. The van der Waals surface area contributed by atoms with Gasteiger partial charge < -0.3 is 9.73 Å². The van der Waals surface area contributed by atoms with Gasteiger partial charge in [0.15, 0.2) is 12.2 Å². The minimum atomic E-state index is -3.64. The first kappa shape index (κ1) is 19.6. The topological polar surface area (TPSA) is 92.5 Å². The fourth-order valence-corrected chi connectivity index (χ4v) is 4.94. The summed E-state index contributed by atoms with van der Waals surface area (Å²) in [6.07, 6.45) is 4.62. The SMILES string of the molecule is O=C(Nc1ccc(-c2cnco2)cc1)c1cc(S(=O)(=O)N2CCCC2)ccc1Cl. The molecular weight excluding hydrogens is 414 g/mol. The second kappa shape index (κ2) is 7.98. The van der Waals surface area contributed by atoms with E-state index in [2.05, 4.69) is 10.3 Å². The third kappa shape index (κ3) is 4.05. The number of aromatic nitrogens is 1. The lowest BCUT2D eigenvalue weighted by atomic mass is 10.1. The van der Waals surface area contributed by atoms with E-state index in [-0.39, 0.29) is 15.5 Å². The summed E-state index contributed by atoms with van der Waals surface area (Å²) in [6.45, 7) is 0.980. The third-order valence-corrected chi connectivity index (χ3v) is 6.97. The van der Waals surface area contributed by atoms with Crippen LogP contribution in [0.15, 0.2) is 64.4 Å². The molecule has 1 aliphatic rings. The third-order valence-electron chi connectivity index (χ3n) is 4.74. The summed E-state index contributed by atoms with van der Waals surface area (Å²) in [5.74, 6) is 0.131. The molecule has 0 saturated carbocycles.